The molecule has 0 unspecified atom stereocenters. The molecular weight excluding hydrogens is 314 g/mol. The van der Waals surface area contributed by atoms with Crippen molar-refractivity contribution in [3.8, 4) is 11.5 Å². The molecule has 6 nitrogen and oxygen atoms in total. The lowest BCUT2D eigenvalue weighted by Crippen LogP contribution is -2.27. The number of hydrogen-bond donors (Lipinski definition) is 1. The summed E-state index contributed by atoms with van der Waals surface area (Å²) in [5.74, 6) is 1.19. The zero-order valence-electron chi connectivity index (χ0n) is 13.8. The maximum Gasteiger partial charge on any atom is 0.273 e. The molecule has 0 aliphatic carbocycles. The summed E-state index contributed by atoms with van der Waals surface area (Å²) in [5.41, 5.74) is 7.99. The number of carbonyl (C=O) groups is 1. The van der Waals surface area contributed by atoms with Crippen LogP contribution in [0.1, 0.15) is 26.6 Å². The molecule has 0 saturated carbocycles. The van der Waals surface area contributed by atoms with Gasteiger partial charge in [-0.05, 0) is 30.2 Å². The Morgan fingerprint density at radius 3 is 2.52 bits per heavy atom. The van der Waals surface area contributed by atoms with Gasteiger partial charge in [0.1, 0.15) is 10.7 Å². The third kappa shape index (κ3) is 3.80. The topological polar surface area (TPSA) is 77.7 Å². The molecule has 0 aliphatic rings. The Labute approximate surface area is 139 Å². The fourth-order valence-electron chi connectivity index (χ4n) is 2.22. The van der Waals surface area contributed by atoms with Gasteiger partial charge in [0.25, 0.3) is 5.91 Å². The Morgan fingerprint density at radius 1 is 1.30 bits per heavy atom. The molecule has 1 aromatic heterocycles. The van der Waals surface area contributed by atoms with Gasteiger partial charge >= 0.3 is 0 Å². The van der Waals surface area contributed by atoms with E-state index >= 15 is 0 Å². The number of benzene rings is 1. The maximum absolute atomic E-state index is 12.4. The first kappa shape index (κ1) is 17.2. The SMILES string of the molecule is COc1cc(C)c(CN(C)C(=O)c2csc(CN)n2)cc1OC. The van der Waals surface area contributed by atoms with Crippen molar-refractivity contribution in [1.29, 1.82) is 0 Å². The second kappa shape index (κ2) is 7.43. The van der Waals surface area contributed by atoms with Crippen molar-refractivity contribution < 1.29 is 14.3 Å². The Kier molecular flexibility index (Phi) is 5.57. The number of hydrogen-bond acceptors (Lipinski definition) is 6. The lowest BCUT2D eigenvalue weighted by atomic mass is 10.1. The van der Waals surface area contributed by atoms with Crippen LogP contribution in [0.3, 0.4) is 0 Å². The lowest BCUT2D eigenvalue weighted by Gasteiger charge is -2.19. The molecule has 0 radical (unpaired) electrons. The van der Waals surface area contributed by atoms with Crippen LogP contribution >= 0.6 is 11.3 Å². The van der Waals surface area contributed by atoms with Crippen LogP contribution in [0.15, 0.2) is 17.5 Å². The first-order chi connectivity index (χ1) is 11.0. The minimum absolute atomic E-state index is 0.130. The molecule has 124 valence electrons. The van der Waals surface area contributed by atoms with Gasteiger partial charge < -0.3 is 20.1 Å². The normalized spacial score (nSPS) is 10.5. The Morgan fingerprint density at radius 2 is 1.96 bits per heavy atom. The summed E-state index contributed by atoms with van der Waals surface area (Å²) >= 11 is 1.40. The van der Waals surface area contributed by atoms with E-state index in [4.69, 9.17) is 15.2 Å². The molecule has 1 amide bonds. The zero-order valence-corrected chi connectivity index (χ0v) is 14.6. The van der Waals surface area contributed by atoms with Gasteiger partial charge in [-0.2, -0.15) is 0 Å². The highest BCUT2D eigenvalue weighted by Gasteiger charge is 2.17. The Balaban J connectivity index is 2.19. The average molecular weight is 335 g/mol. The van der Waals surface area contributed by atoms with Gasteiger partial charge in [0.15, 0.2) is 11.5 Å². The van der Waals surface area contributed by atoms with Crippen LogP contribution in [0.2, 0.25) is 0 Å². The van der Waals surface area contributed by atoms with E-state index in [1.165, 1.54) is 11.3 Å². The number of carbonyl (C=O) groups excluding carboxylic acids is 1. The van der Waals surface area contributed by atoms with Gasteiger partial charge in [-0.3, -0.25) is 4.79 Å². The number of nitrogens with zero attached hydrogens (tertiary/aromatic N) is 2. The van der Waals surface area contributed by atoms with Gasteiger partial charge in [0.05, 0.1) is 14.2 Å². The van der Waals surface area contributed by atoms with Crippen LogP contribution < -0.4 is 15.2 Å². The van der Waals surface area contributed by atoms with Gasteiger partial charge in [-0.25, -0.2) is 4.98 Å². The standard InChI is InChI=1S/C16H21N3O3S/c1-10-5-13(21-3)14(22-4)6-11(10)8-19(2)16(20)12-9-23-15(7-17)18-12/h5-6,9H,7-8,17H2,1-4H3. The zero-order chi connectivity index (χ0) is 17.0. The predicted octanol–water partition coefficient (Wildman–Crippen LogP) is 2.20. The van der Waals surface area contributed by atoms with Crippen LogP contribution in [0.4, 0.5) is 0 Å². The van der Waals surface area contributed by atoms with E-state index in [1.54, 1.807) is 31.5 Å². The number of nitrogens with two attached hydrogens (primary N) is 1. The highest BCUT2D eigenvalue weighted by Crippen LogP contribution is 2.30. The molecule has 0 saturated heterocycles. The van der Waals surface area contributed by atoms with Gasteiger partial charge in [0, 0.05) is 25.5 Å². The molecular formula is C16H21N3O3S. The number of methoxy groups -OCH3 is 2. The summed E-state index contributed by atoms with van der Waals surface area (Å²) in [7, 11) is 4.94. The molecule has 0 atom stereocenters. The van der Waals surface area contributed by atoms with Crippen molar-refractivity contribution in [2.75, 3.05) is 21.3 Å². The largest absolute Gasteiger partial charge is 0.493 e. The molecule has 7 heteroatoms. The van der Waals surface area contributed by atoms with E-state index in [0.717, 1.165) is 16.1 Å². The van der Waals surface area contributed by atoms with Gasteiger partial charge in [-0.15, -0.1) is 11.3 Å². The van der Waals surface area contributed by atoms with Crippen molar-refractivity contribution in [2.24, 2.45) is 5.73 Å². The highest BCUT2D eigenvalue weighted by atomic mass is 32.1. The number of amides is 1. The second-order valence-corrected chi connectivity index (χ2v) is 6.07. The maximum atomic E-state index is 12.4. The molecule has 0 spiro atoms. The minimum Gasteiger partial charge on any atom is -0.493 e. The molecule has 2 rings (SSSR count). The first-order valence-electron chi connectivity index (χ1n) is 7.11. The Hall–Kier alpha value is -2.12. The van der Waals surface area contributed by atoms with Crippen LogP contribution in [0, 0.1) is 6.92 Å². The number of rotatable bonds is 6. The molecule has 2 N–H and O–H groups in total. The van der Waals surface area contributed by atoms with Gasteiger partial charge in [-0.1, -0.05) is 0 Å². The third-order valence-electron chi connectivity index (χ3n) is 3.54. The van der Waals surface area contributed by atoms with Crippen molar-refractivity contribution in [3.05, 3.63) is 39.3 Å². The molecule has 2 aromatic rings. The first-order valence-corrected chi connectivity index (χ1v) is 7.99. The number of ether oxygens (including phenoxy) is 2. The van der Waals surface area contributed by atoms with E-state index in [9.17, 15) is 4.79 Å². The summed E-state index contributed by atoms with van der Waals surface area (Å²) in [6.45, 7) is 2.78. The number of aryl methyl sites for hydroxylation is 1. The molecule has 1 heterocycles. The third-order valence-corrected chi connectivity index (χ3v) is 4.41. The fourth-order valence-corrected chi connectivity index (χ4v) is 2.87. The van der Waals surface area contributed by atoms with Crippen molar-refractivity contribution in [1.82, 2.24) is 9.88 Å². The van der Waals surface area contributed by atoms with Crippen LogP contribution in [-0.2, 0) is 13.1 Å². The second-order valence-electron chi connectivity index (χ2n) is 5.13. The van der Waals surface area contributed by atoms with E-state index in [2.05, 4.69) is 4.98 Å². The predicted molar refractivity (Wildman–Crippen MR) is 90.1 cm³/mol. The lowest BCUT2D eigenvalue weighted by molar-refractivity contribution is 0.0779. The summed E-state index contributed by atoms with van der Waals surface area (Å²) < 4.78 is 10.6. The summed E-state index contributed by atoms with van der Waals surface area (Å²) in [6.07, 6.45) is 0. The van der Waals surface area contributed by atoms with E-state index in [1.807, 2.05) is 19.1 Å². The Bertz CT molecular complexity index is 700. The quantitative estimate of drug-likeness (QED) is 0.875. The van der Waals surface area contributed by atoms with Gasteiger partial charge in [0.2, 0.25) is 0 Å². The van der Waals surface area contributed by atoms with Crippen molar-refractivity contribution in [2.45, 2.75) is 20.0 Å². The highest BCUT2D eigenvalue weighted by molar-refractivity contribution is 7.09. The van der Waals surface area contributed by atoms with Crippen LogP contribution in [0.25, 0.3) is 0 Å². The van der Waals surface area contributed by atoms with Crippen molar-refractivity contribution in [3.63, 3.8) is 0 Å². The van der Waals surface area contributed by atoms with E-state index in [-0.39, 0.29) is 5.91 Å². The van der Waals surface area contributed by atoms with Crippen LogP contribution in [0.5, 0.6) is 11.5 Å². The fraction of sp³-hybridized carbons (Fsp3) is 0.375. The minimum atomic E-state index is -0.130. The molecule has 0 fully saturated rings. The average Bonchev–Trinajstić information content (AvgIpc) is 3.04. The summed E-state index contributed by atoms with van der Waals surface area (Å²) in [5, 5.41) is 2.49. The molecule has 0 bridgehead atoms. The number of thiazole rings is 1. The molecule has 0 aliphatic heterocycles. The van der Waals surface area contributed by atoms with E-state index in [0.29, 0.717) is 30.3 Å². The smallest absolute Gasteiger partial charge is 0.273 e. The van der Waals surface area contributed by atoms with E-state index < -0.39 is 0 Å². The number of aromatic nitrogens is 1. The molecule has 23 heavy (non-hydrogen) atoms. The van der Waals surface area contributed by atoms with Crippen molar-refractivity contribution >= 4 is 17.2 Å². The molecule has 1 aromatic carbocycles. The monoisotopic (exact) mass is 335 g/mol. The summed E-state index contributed by atoms with van der Waals surface area (Å²) in [4.78, 5) is 18.3. The van der Waals surface area contributed by atoms with Crippen LogP contribution in [-0.4, -0.2) is 37.1 Å². The summed E-state index contributed by atoms with van der Waals surface area (Å²) in [6, 6.07) is 3.80.